The maximum atomic E-state index is 5.14. The molecule has 49 heavy (non-hydrogen) atoms. The molecule has 3 aromatic heterocycles. The van der Waals surface area contributed by atoms with Crippen molar-refractivity contribution in [2.75, 3.05) is 0 Å². The number of hydrogen-bond donors (Lipinski definition) is 0. The van der Waals surface area contributed by atoms with Crippen LogP contribution in [0.5, 0.6) is 0 Å². The molecule has 0 saturated carbocycles. The fraction of sp³-hybridized carbons (Fsp3) is 0.0227. The van der Waals surface area contributed by atoms with Crippen LogP contribution in [0.25, 0.3) is 70.7 Å². The number of amidine groups is 1. The van der Waals surface area contributed by atoms with E-state index in [2.05, 4.69) is 124 Å². The molecule has 0 amide bonds. The maximum Gasteiger partial charge on any atom is 0.236 e. The molecular formula is C44H29N5. The van der Waals surface area contributed by atoms with Gasteiger partial charge in [-0.2, -0.15) is 4.99 Å². The van der Waals surface area contributed by atoms with Gasteiger partial charge in [-0.1, -0.05) is 121 Å². The van der Waals surface area contributed by atoms with Gasteiger partial charge >= 0.3 is 0 Å². The second kappa shape index (κ2) is 10.7. The van der Waals surface area contributed by atoms with Crippen molar-refractivity contribution in [3.05, 3.63) is 163 Å². The molecule has 10 aromatic rings. The summed E-state index contributed by atoms with van der Waals surface area (Å²) in [7, 11) is 0. The summed E-state index contributed by atoms with van der Waals surface area (Å²) in [5.74, 6) is 1.09. The van der Waals surface area contributed by atoms with Crippen molar-refractivity contribution in [2.45, 2.75) is 6.54 Å². The Kier molecular flexibility index (Phi) is 6.02. The van der Waals surface area contributed by atoms with Crippen LogP contribution in [-0.4, -0.2) is 27.5 Å². The minimum atomic E-state index is 0.480. The predicted octanol–water partition coefficient (Wildman–Crippen LogP) is 10.6. The highest BCUT2D eigenvalue weighted by Gasteiger charge is 2.21. The highest BCUT2D eigenvalue weighted by molar-refractivity contribution is 6.29. The molecule has 10 rings (SSSR count). The van der Waals surface area contributed by atoms with Crippen LogP contribution in [0.1, 0.15) is 11.1 Å². The summed E-state index contributed by atoms with van der Waals surface area (Å²) in [5, 5.41) is 9.80. The van der Waals surface area contributed by atoms with Crippen molar-refractivity contribution in [1.82, 2.24) is 8.97 Å². The lowest BCUT2D eigenvalue weighted by Gasteiger charge is -2.09. The number of para-hydroxylation sites is 3. The molecule has 0 bridgehead atoms. The smallest absolute Gasteiger partial charge is 0.236 e. The van der Waals surface area contributed by atoms with Crippen molar-refractivity contribution < 1.29 is 0 Å². The van der Waals surface area contributed by atoms with Gasteiger partial charge in [-0.3, -0.25) is 9.56 Å². The summed E-state index contributed by atoms with van der Waals surface area (Å²) in [6.45, 7) is 4.52. The molecule has 7 aromatic carbocycles. The zero-order valence-electron chi connectivity index (χ0n) is 26.6. The van der Waals surface area contributed by atoms with Gasteiger partial charge in [0.25, 0.3) is 0 Å². The van der Waals surface area contributed by atoms with Crippen LogP contribution < -0.4 is 0 Å². The molecule has 0 unspecified atom stereocenters. The number of benzene rings is 7. The number of fused-ring (bicyclic) bond motifs is 11. The van der Waals surface area contributed by atoms with Crippen LogP contribution in [0, 0.1) is 0 Å². The highest BCUT2D eigenvalue weighted by Crippen LogP contribution is 2.42. The average Bonchev–Trinajstić information content (AvgIpc) is 3.80. The topological polar surface area (TPSA) is 46.4 Å². The van der Waals surface area contributed by atoms with Crippen molar-refractivity contribution in [2.24, 2.45) is 15.0 Å². The molecule has 0 N–H and O–H groups in total. The van der Waals surface area contributed by atoms with E-state index in [0.29, 0.717) is 18.3 Å². The van der Waals surface area contributed by atoms with Gasteiger partial charge in [0.05, 0.1) is 34.1 Å². The first-order valence-corrected chi connectivity index (χ1v) is 16.5. The first-order chi connectivity index (χ1) is 24.3. The van der Waals surface area contributed by atoms with Gasteiger partial charge in [0, 0.05) is 37.9 Å². The maximum absolute atomic E-state index is 5.14. The van der Waals surface area contributed by atoms with Crippen LogP contribution in [0.3, 0.4) is 0 Å². The molecule has 5 heteroatoms. The molecule has 0 saturated heterocycles. The first-order valence-electron chi connectivity index (χ1n) is 16.5. The molecular weight excluding hydrogens is 599 g/mol. The van der Waals surface area contributed by atoms with E-state index in [1.54, 1.807) is 0 Å². The summed E-state index contributed by atoms with van der Waals surface area (Å²) in [4.78, 5) is 14.7. The Bertz CT molecular complexity index is 2960. The van der Waals surface area contributed by atoms with Crippen LogP contribution in [-0.2, 0) is 6.54 Å². The van der Waals surface area contributed by atoms with E-state index in [-0.39, 0.29) is 0 Å². The Hall–Kier alpha value is -6.59. The van der Waals surface area contributed by atoms with E-state index in [4.69, 9.17) is 9.98 Å². The quantitative estimate of drug-likeness (QED) is 0.138. The molecule has 3 heterocycles. The first kappa shape index (κ1) is 27.5. The van der Waals surface area contributed by atoms with Gasteiger partial charge in [0.1, 0.15) is 0 Å². The molecule has 0 spiro atoms. The number of hydrogen-bond acceptors (Lipinski definition) is 1. The summed E-state index contributed by atoms with van der Waals surface area (Å²) in [5.41, 5.74) is 7.79. The minimum absolute atomic E-state index is 0.480. The Balaban J connectivity index is 1.25. The Labute approximate surface area is 281 Å². The molecule has 0 aliphatic rings. The lowest BCUT2D eigenvalue weighted by Crippen LogP contribution is -2.12. The van der Waals surface area contributed by atoms with E-state index in [0.717, 1.165) is 27.5 Å². The number of nitrogens with zero attached hydrogens (tertiary/aromatic N) is 5. The number of aliphatic imine (C=N–C) groups is 3. The third-order valence-electron chi connectivity index (χ3n) is 9.83. The van der Waals surface area contributed by atoms with E-state index < -0.39 is 0 Å². The molecule has 5 nitrogen and oxygen atoms in total. The monoisotopic (exact) mass is 627 g/mol. The highest BCUT2D eigenvalue weighted by atomic mass is 15.2. The zero-order valence-corrected chi connectivity index (χ0v) is 26.6. The SMILES string of the molecule is C=NC(=NC(=NCc1ccccc1)c1ccccc1)n1c2ccccc2c2c3cc4c(cc3ccc21)c1cccc2c3ccccc3n4c21. The second-order valence-corrected chi connectivity index (χ2v) is 12.5. The average molecular weight is 628 g/mol. The van der Waals surface area contributed by atoms with E-state index in [1.807, 2.05) is 48.5 Å². The summed E-state index contributed by atoms with van der Waals surface area (Å²) < 4.78 is 4.57. The molecule has 230 valence electrons. The van der Waals surface area contributed by atoms with Crippen LogP contribution in [0.4, 0.5) is 0 Å². The Morgan fingerprint density at radius 3 is 2.00 bits per heavy atom. The Morgan fingerprint density at radius 1 is 0.531 bits per heavy atom. The Morgan fingerprint density at radius 2 is 1.20 bits per heavy atom. The van der Waals surface area contributed by atoms with Crippen LogP contribution >= 0.6 is 0 Å². The molecule has 0 aliphatic carbocycles. The van der Waals surface area contributed by atoms with Crippen molar-refractivity contribution >= 4 is 89.2 Å². The summed E-state index contributed by atoms with van der Waals surface area (Å²) >= 11 is 0. The van der Waals surface area contributed by atoms with Gasteiger partial charge in [-0.05, 0) is 53.4 Å². The van der Waals surface area contributed by atoms with Crippen molar-refractivity contribution in [1.29, 1.82) is 0 Å². The van der Waals surface area contributed by atoms with Gasteiger partial charge in [-0.15, -0.1) is 0 Å². The van der Waals surface area contributed by atoms with Crippen molar-refractivity contribution in [3.63, 3.8) is 0 Å². The van der Waals surface area contributed by atoms with Gasteiger partial charge in [0.15, 0.2) is 5.84 Å². The molecule has 0 aliphatic heterocycles. The second-order valence-electron chi connectivity index (χ2n) is 12.5. The lowest BCUT2D eigenvalue weighted by molar-refractivity contribution is 1.06. The molecule has 0 atom stereocenters. The molecule has 0 fully saturated rings. The standard InChI is InChI=1S/C44H29N5/c1-45-44(47-43(29-15-6-3-7-16-29)46-27-28-13-4-2-5-14-28)49-38-22-11-9-18-34(38)41-35-26-40-36(25-30(35)23-24-39(41)49)33-20-12-19-32-31-17-8-10-21-37(31)48(40)42(32)33/h2-26H,1,27H2. The van der Waals surface area contributed by atoms with E-state index >= 15 is 0 Å². The third kappa shape index (κ3) is 4.09. The number of rotatable bonds is 3. The summed E-state index contributed by atoms with van der Waals surface area (Å²) in [6, 6.07) is 53.4. The zero-order chi connectivity index (χ0) is 32.5. The van der Waals surface area contributed by atoms with E-state index in [9.17, 15) is 0 Å². The molecule has 0 radical (unpaired) electrons. The van der Waals surface area contributed by atoms with E-state index in [1.165, 1.54) is 54.3 Å². The van der Waals surface area contributed by atoms with Gasteiger partial charge < -0.3 is 4.40 Å². The van der Waals surface area contributed by atoms with Crippen molar-refractivity contribution in [3.8, 4) is 0 Å². The van der Waals surface area contributed by atoms with Gasteiger partial charge in [0.2, 0.25) is 5.96 Å². The minimum Gasteiger partial charge on any atom is -0.308 e. The fourth-order valence-electron chi connectivity index (χ4n) is 7.71. The fourth-order valence-corrected chi connectivity index (χ4v) is 7.71. The number of aromatic nitrogens is 2. The lowest BCUT2D eigenvalue weighted by atomic mass is 10.0. The third-order valence-corrected chi connectivity index (χ3v) is 9.83. The van der Waals surface area contributed by atoms with Crippen LogP contribution in [0.15, 0.2) is 167 Å². The predicted molar refractivity (Wildman–Crippen MR) is 207 cm³/mol. The van der Waals surface area contributed by atoms with Crippen LogP contribution in [0.2, 0.25) is 0 Å². The van der Waals surface area contributed by atoms with Gasteiger partial charge in [-0.25, -0.2) is 4.99 Å². The largest absolute Gasteiger partial charge is 0.308 e. The normalized spacial score (nSPS) is 12.9. The summed E-state index contributed by atoms with van der Waals surface area (Å²) in [6.07, 6.45) is 0.